The highest BCUT2D eigenvalue weighted by atomic mass is 16.5. The Balaban J connectivity index is 1.48. The summed E-state index contributed by atoms with van der Waals surface area (Å²) < 4.78 is 10.9. The summed E-state index contributed by atoms with van der Waals surface area (Å²) in [6, 6.07) is 6.22. The number of hydrogen-bond acceptors (Lipinski definition) is 4. The zero-order valence-corrected chi connectivity index (χ0v) is 14.5. The third kappa shape index (κ3) is 3.37. The summed E-state index contributed by atoms with van der Waals surface area (Å²) in [5, 5.41) is 7.82. The van der Waals surface area contributed by atoms with E-state index in [0.717, 1.165) is 43.6 Å². The normalized spacial score (nSPS) is 26.7. The average molecular weight is 343 g/mol. The summed E-state index contributed by atoms with van der Waals surface area (Å²) in [4.78, 5) is 15.7. The second-order valence-electron chi connectivity index (χ2n) is 6.95. The smallest absolute Gasteiger partial charge is 0.249 e. The molecule has 1 aromatic heterocycles. The van der Waals surface area contributed by atoms with Gasteiger partial charge >= 0.3 is 0 Å². The van der Waals surface area contributed by atoms with E-state index < -0.39 is 0 Å². The SMILES string of the molecule is COc1ccc2[nH]cc([C@@H]3CNC[C@H](NC(=O)C4CCCO4)C3)c2c1. The van der Waals surface area contributed by atoms with E-state index in [1.165, 1.54) is 10.9 Å². The number of carbonyl (C=O) groups is 1. The average Bonchev–Trinajstić information content (AvgIpc) is 3.31. The fraction of sp³-hybridized carbons (Fsp3) is 0.526. The van der Waals surface area contributed by atoms with Gasteiger partial charge in [-0.2, -0.15) is 0 Å². The van der Waals surface area contributed by atoms with Crippen molar-refractivity contribution >= 4 is 16.8 Å². The minimum Gasteiger partial charge on any atom is -0.497 e. The van der Waals surface area contributed by atoms with Crippen molar-refractivity contribution in [2.24, 2.45) is 0 Å². The van der Waals surface area contributed by atoms with E-state index in [2.05, 4.69) is 27.9 Å². The summed E-state index contributed by atoms with van der Waals surface area (Å²) in [6.45, 7) is 2.41. The highest BCUT2D eigenvalue weighted by Gasteiger charge is 2.29. The molecule has 1 amide bonds. The van der Waals surface area contributed by atoms with Crippen LogP contribution >= 0.6 is 0 Å². The predicted molar refractivity (Wildman–Crippen MR) is 96.0 cm³/mol. The summed E-state index contributed by atoms with van der Waals surface area (Å²) >= 11 is 0. The fourth-order valence-corrected chi connectivity index (χ4v) is 3.95. The Bertz CT molecular complexity index is 751. The highest BCUT2D eigenvalue weighted by molar-refractivity contribution is 5.85. The summed E-state index contributed by atoms with van der Waals surface area (Å²) in [6.07, 6.45) is 4.55. The molecular formula is C19H25N3O3. The fourth-order valence-electron chi connectivity index (χ4n) is 3.95. The molecule has 2 fully saturated rings. The number of piperidine rings is 1. The molecule has 3 heterocycles. The molecule has 0 radical (unpaired) electrons. The third-order valence-electron chi connectivity index (χ3n) is 5.28. The number of rotatable bonds is 4. The van der Waals surface area contributed by atoms with Crippen molar-refractivity contribution in [3.63, 3.8) is 0 Å². The Morgan fingerprint density at radius 1 is 1.36 bits per heavy atom. The first-order valence-electron chi connectivity index (χ1n) is 9.02. The first-order chi connectivity index (χ1) is 12.2. The van der Waals surface area contributed by atoms with Crippen LogP contribution in [0, 0.1) is 0 Å². The molecule has 6 nitrogen and oxygen atoms in total. The lowest BCUT2D eigenvalue weighted by Crippen LogP contribution is -2.50. The second-order valence-corrected chi connectivity index (χ2v) is 6.95. The van der Waals surface area contributed by atoms with Crippen LogP contribution in [-0.2, 0) is 9.53 Å². The number of H-pyrrole nitrogens is 1. The Hall–Kier alpha value is -2.05. The van der Waals surface area contributed by atoms with Crippen molar-refractivity contribution in [1.29, 1.82) is 0 Å². The van der Waals surface area contributed by atoms with E-state index in [0.29, 0.717) is 12.5 Å². The molecule has 4 rings (SSSR count). The molecule has 1 aromatic carbocycles. The van der Waals surface area contributed by atoms with Crippen LogP contribution < -0.4 is 15.4 Å². The number of hydrogen-bond donors (Lipinski definition) is 3. The lowest BCUT2D eigenvalue weighted by Gasteiger charge is -2.31. The first kappa shape index (κ1) is 16.4. The molecule has 0 bridgehead atoms. The number of amides is 1. The van der Waals surface area contributed by atoms with Gasteiger partial charge in [0.15, 0.2) is 0 Å². The summed E-state index contributed by atoms with van der Waals surface area (Å²) in [5.41, 5.74) is 2.39. The van der Waals surface area contributed by atoms with E-state index >= 15 is 0 Å². The Kier molecular flexibility index (Phi) is 4.63. The minimum atomic E-state index is -0.266. The van der Waals surface area contributed by atoms with E-state index in [4.69, 9.17) is 9.47 Å². The zero-order chi connectivity index (χ0) is 17.2. The Morgan fingerprint density at radius 3 is 3.08 bits per heavy atom. The number of nitrogens with one attached hydrogen (secondary N) is 3. The maximum atomic E-state index is 12.3. The molecule has 6 heteroatoms. The molecule has 2 saturated heterocycles. The van der Waals surface area contributed by atoms with E-state index in [1.807, 2.05) is 12.1 Å². The lowest BCUT2D eigenvalue weighted by molar-refractivity contribution is -0.130. The zero-order valence-electron chi connectivity index (χ0n) is 14.5. The summed E-state index contributed by atoms with van der Waals surface area (Å²) in [5.74, 6) is 1.25. The molecular weight excluding hydrogens is 318 g/mol. The van der Waals surface area contributed by atoms with E-state index in [1.54, 1.807) is 7.11 Å². The van der Waals surface area contributed by atoms with Gasteiger partial charge in [-0.15, -0.1) is 0 Å². The number of ether oxygens (including phenoxy) is 2. The van der Waals surface area contributed by atoms with Crippen LogP contribution in [0.1, 0.15) is 30.7 Å². The molecule has 1 unspecified atom stereocenters. The van der Waals surface area contributed by atoms with Crippen molar-refractivity contribution in [3.05, 3.63) is 30.0 Å². The predicted octanol–water partition coefficient (Wildman–Crippen LogP) is 1.92. The van der Waals surface area contributed by atoms with Crippen molar-refractivity contribution in [2.45, 2.75) is 37.3 Å². The number of carbonyl (C=O) groups excluding carboxylic acids is 1. The highest BCUT2D eigenvalue weighted by Crippen LogP contribution is 2.32. The van der Waals surface area contributed by atoms with Crippen LogP contribution in [0.3, 0.4) is 0 Å². The number of aromatic nitrogens is 1. The van der Waals surface area contributed by atoms with Gasteiger partial charge < -0.3 is 25.1 Å². The van der Waals surface area contributed by atoms with Crippen LogP contribution in [0.15, 0.2) is 24.4 Å². The second kappa shape index (κ2) is 7.06. The van der Waals surface area contributed by atoms with E-state index in [9.17, 15) is 4.79 Å². The van der Waals surface area contributed by atoms with Gasteiger partial charge in [-0.3, -0.25) is 4.79 Å². The van der Waals surface area contributed by atoms with Gasteiger partial charge in [0.2, 0.25) is 5.91 Å². The van der Waals surface area contributed by atoms with Crippen LogP contribution in [-0.4, -0.2) is 49.8 Å². The standard InChI is InChI=1S/C19H25N3O3/c1-24-14-4-5-17-15(8-14)16(11-21-17)12-7-13(10-20-9-12)22-19(23)18-3-2-6-25-18/h4-5,8,11-13,18,20-21H,2-3,6-7,9-10H2,1H3,(H,22,23)/t12-,13+,18?/m0/s1. The third-order valence-corrected chi connectivity index (χ3v) is 5.28. The van der Waals surface area contributed by atoms with Gasteiger partial charge in [-0.05, 0) is 43.0 Å². The topological polar surface area (TPSA) is 75.4 Å². The van der Waals surface area contributed by atoms with Crippen molar-refractivity contribution in [1.82, 2.24) is 15.6 Å². The molecule has 2 aliphatic heterocycles. The molecule has 2 aliphatic rings. The van der Waals surface area contributed by atoms with Gasteiger partial charge in [0.1, 0.15) is 11.9 Å². The van der Waals surface area contributed by atoms with Crippen molar-refractivity contribution < 1.29 is 14.3 Å². The van der Waals surface area contributed by atoms with Crippen LogP contribution in [0.4, 0.5) is 0 Å². The molecule has 3 atom stereocenters. The first-order valence-corrected chi connectivity index (χ1v) is 9.02. The maximum absolute atomic E-state index is 12.3. The Morgan fingerprint density at radius 2 is 2.28 bits per heavy atom. The number of fused-ring (bicyclic) bond motifs is 1. The monoisotopic (exact) mass is 343 g/mol. The number of benzene rings is 1. The van der Waals surface area contributed by atoms with Crippen molar-refractivity contribution in [2.75, 3.05) is 26.8 Å². The van der Waals surface area contributed by atoms with Crippen LogP contribution in [0.2, 0.25) is 0 Å². The summed E-state index contributed by atoms with van der Waals surface area (Å²) in [7, 11) is 1.69. The van der Waals surface area contributed by atoms with Gasteiger partial charge in [0, 0.05) is 48.8 Å². The number of methoxy groups -OCH3 is 1. The molecule has 3 N–H and O–H groups in total. The largest absolute Gasteiger partial charge is 0.497 e. The molecule has 0 spiro atoms. The van der Waals surface area contributed by atoms with Gasteiger partial charge in [0.05, 0.1) is 7.11 Å². The van der Waals surface area contributed by atoms with Gasteiger partial charge in [-0.25, -0.2) is 0 Å². The molecule has 2 aromatic rings. The van der Waals surface area contributed by atoms with E-state index in [-0.39, 0.29) is 18.1 Å². The van der Waals surface area contributed by atoms with Gasteiger partial charge in [0.25, 0.3) is 0 Å². The Labute approximate surface area is 147 Å². The molecule has 0 aliphatic carbocycles. The molecule has 134 valence electrons. The molecule has 0 saturated carbocycles. The lowest BCUT2D eigenvalue weighted by atomic mass is 9.88. The minimum absolute atomic E-state index is 0.0329. The maximum Gasteiger partial charge on any atom is 0.249 e. The molecule has 25 heavy (non-hydrogen) atoms. The van der Waals surface area contributed by atoms with Crippen molar-refractivity contribution in [3.8, 4) is 5.75 Å². The quantitative estimate of drug-likeness (QED) is 0.793. The van der Waals surface area contributed by atoms with Crippen LogP contribution in [0.5, 0.6) is 5.75 Å². The van der Waals surface area contributed by atoms with Crippen LogP contribution in [0.25, 0.3) is 10.9 Å². The van der Waals surface area contributed by atoms with Gasteiger partial charge in [-0.1, -0.05) is 0 Å². The number of aromatic amines is 1.